The van der Waals surface area contributed by atoms with Gasteiger partial charge < -0.3 is 20.9 Å². The van der Waals surface area contributed by atoms with Gasteiger partial charge in [0.2, 0.25) is 0 Å². The van der Waals surface area contributed by atoms with Crippen LogP contribution in [0.3, 0.4) is 0 Å². The van der Waals surface area contributed by atoms with Gasteiger partial charge in [-0.2, -0.15) is 0 Å². The zero-order valence-electron chi connectivity index (χ0n) is 14.1. The van der Waals surface area contributed by atoms with Crippen LogP contribution in [0.5, 0.6) is 0 Å². The number of nitrogens with two attached hydrogens (primary N) is 1. The van der Waals surface area contributed by atoms with Crippen LogP contribution in [-0.4, -0.2) is 28.2 Å². The molecular weight excluding hydrogens is 312 g/mol. The van der Waals surface area contributed by atoms with E-state index in [0.717, 1.165) is 0 Å². The molecule has 0 heterocycles. The van der Waals surface area contributed by atoms with Gasteiger partial charge in [0.15, 0.2) is 0 Å². The first kappa shape index (κ1) is 18.9. The highest BCUT2D eigenvalue weighted by Crippen LogP contribution is 2.47. The average Bonchev–Trinajstić information content (AvgIpc) is 2.78. The molecule has 0 aromatic heterocycles. The predicted octanol–water partition coefficient (Wildman–Crippen LogP) is 2.00. The summed E-state index contributed by atoms with van der Waals surface area (Å²) in [5.41, 5.74) is 6.53. The summed E-state index contributed by atoms with van der Waals surface area (Å²) in [6.07, 6.45) is 2.27. The molecule has 2 rings (SSSR count). The maximum absolute atomic E-state index is 14.3. The second kappa shape index (κ2) is 7.21. The van der Waals surface area contributed by atoms with Crippen molar-refractivity contribution in [3.8, 4) is 0 Å². The van der Waals surface area contributed by atoms with Gasteiger partial charge in [-0.25, -0.2) is 4.39 Å². The minimum atomic E-state index is -1.39. The van der Waals surface area contributed by atoms with Gasteiger partial charge in [-0.1, -0.05) is 13.3 Å². The zero-order chi connectivity index (χ0) is 18.1. The van der Waals surface area contributed by atoms with Gasteiger partial charge in [0.1, 0.15) is 5.82 Å². The number of carboxylic acids is 1. The number of carbonyl (C=O) groups is 1. The number of benzene rings is 1. The maximum Gasteiger partial charge on any atom is 0.451 e. The van der Waals surface area contributed by atoms with Crippen molar-refractivity contribution in [2.45, 2.75) is 57.3 Å². The molecule has 132 valence electrons. The molecule has 5 N–H and O–H groups in total. The molecule has 0 spiro atoms. The first-order valence-electron chi connectivity index (χ1n) is 8.39. The normalized spacial score (nSPS) is 23.8. The van der Waals surface area contributed by atoms with Crippen molar-refractivity contribution in [2.24, 2.45) is 11.7 Å². The molecule has 0 amide bonds. The van der Waals surface area contributed by atoms with Crippen LogP contribution in [0.2, 0.25) is 6.32 Å². The number of aliphatic carboxylic acids is 1. The highest BCUT2D eigenvalue weighted by molar-refractivity contribution is 6.40. The Labute approximate surface area is 141 Å². The summed E-state index contributed by atoms with van der Waals surface area (Å²) >= 11 is 0. The Bertz CT molecular complexity index is 625. The zero-order valence-corrected chi connectivity index (χ0v) is 14.1. The highest BCUT2D eigenvalue weighted by Gasteiger charge is 2.49. The van der Waals surface area contributed by atoms with Gasteiger partial charge in [0.25, 0.3) is 0 Å². The third-order valence-electron chi connectivity index (χ3n) is 5.36. The fourth-order valence-corrected chi connectivity index (χ4v) is 3.70. The lowest BCUT2D eigenvalue weighted by Crippen LogP contribution is -2.37. The molecule has 1 aliphatic carbocycles. The van der Waals surface area contributed by atoms with E-state index in [-0.39, 0.29) is 18.1 Å². The van der Waals surface area contributed by atoms with Crippen LogP contribution in [0.4, 0.5) is 4.39 Å². The molecule has 0 saturated carbocycles. The number of hydrogen-bond donors (Lipinski definition) is 4. The summed E-state index contributed by atoms with van der Waals surface area (Å²) in [5, 5.41) is 27.8. The molecular formula is C17H25BFNO4. The van der Waals surface area contributed by atoms with Crippen molar-refractivity contribution in [2.75, 3.05) is 0 Å². The monoisotopic (exact) mass is 337 g/mol. The molecule has 0 aliphatic heterocycles. The van der Waals surface area contributed by atoms with Crippen LogP contribution in [0.25, 0.3) is 0 Å². The van der Waals surface area contributed by atoms with Crippen LogP contribution in [-0.2, 0) is 16.6 Å². The number of rotatable bonds is 7. The largest absolute Gasteiger partial charge is 0.481 e. The van der Waals surface area contributed by atoms with Crippen LogP contribution < -0.4 is 5.73 Å². The molecule has 0 fully saturated rings. The van der Waals surface area contributed by atoms with Crippen LogP contribution >= 0.6 is 0 Å². The molecule has 5 nitrogen and oxygen atoms in total. The third kappa shape index (κ3) is 3.34. The molecule has 0 bridgehead atoms. The second-order valence-electron chi connectivity index (χ2n) is 6.87. The average molecular weight is 337 g/mol. The maximum atomic E-state index is 14.3. The minimum Gasteiger partial charge on any atom is -0.481 e. The van der Waals surface area contributed by atoms with E-state index >= 15 is 0 Å². The van der Waals surface area contributed by atoms with Crippen LogP contribution in [0, 0.1) is 11.7 Å². The van der Waals surface area contributed by atoms with Crippen LogP contribution in [0.15, 0.2) is 12.1 Å². The van der Waals surface area contributed by atoms with Crippen molar-refractivity contribution < 1.29 is 24.3 Å². The summed E-state index contributed by atoms with van der Waals surface area (Å²) < 4.78 is 14.3. The van der Waals surface area contributed by atoms with Gasteiger partial charge in [-0.3, -0.25) is 4.79 Å². The SMILES string of the molecule is CC[C@H](N)c1cc2c(cc1F)C[C@H](CCCB(O)O)[C@]2(C)C(=O)O. The van der Waals surface area contributed by atoms with E-state index in [2.05, 4.69) is 0 Å². The number of carboxylic acid groups (broad SMARTS) is 1. The molecule has 1 aliphatic rings. The molecule has 0 unspecified atom stereocenters. The smallest absolute Gasteiger partial charge is 0.451 e. The molecule has 7 heteroatoms. The third-order valence-corrected chi connectivity index (χ3v) is 5.36. The van der Waals surface area contributed by atoms with Crippen molar-refractivity contribution in [3.63, 3.8) is 0 Å². The Hall–Kier alpha value is -1.44. The Balaban J connectivity index is 2.38. The molecule has 3 atom stereocenters. The standard InChI is InChI=1S/C17H25BFNO4/c1-3-15(20)12-9-13-10(8-14(12)19)7-11(5-4-6-18(23)24)17(13,2)16(21)22/h8-9,11,15,23-24H,3-7,20H2,1-2H3,(H,21,22)/t11-,15-,17-/m0/s1. The van der Waals surface area contributed by atoms with E-state index in [0.29, 0.717) is 42.4 Å². The Morgan fingerprint density at radius 2 is 2.17 bits per heavy atom. The first-order chi connectivity index (χ1) is 11.2. The summed E-state index contributed by atoms with van der Waals surface area (Å²) in [4.78, 5) is 12.0. The fraction of sp³-hybridized carbons (Fsp3) is 0.588. The molecule has 0 saturated heterocycles. The second-order valence-corrected chi connectivity index (χ2v) is 6.87. The van der Waals surface area contributed by atoms with Gasteiger partial charge >= 0.3 is 13.1 Å². The Morgan fingerprint density at radius 1 is 1.50 bits per heavy atom. The van der Waals surface area contributed by atoms with E-state index in [4.69, 9.17) is 15.8 Å². The number of halogens is 1. The Kier molecular flexibility index (Phi) is 5.68. The van der Waals surface area contributed by atoms with Crippen LogP contribution in [0.1, 0.15) is 55.8 Å². The number of fused-ring (bicyclic) bond motifs is 1. The van der Waals surface area contributed by atoms with E-state index in [1.165, 1.54) is 6.07 Å². The van der Waals surface area contributed by atoms with E-state index < -0.39 is 24.5 Å². The quantitative estimate of drug-likeness (QED) is 0.570. The lowest BCUT2D eigenvalue weighted by Gasteiger charge is -2.29. The summed E-state index contributed by atoms with van der Waals surface area (Å²) in [6, 6.07) is 2.58. The van der Waals surface area contributed by atoms with Gasteiger partial charge in [0, 0.05) is 11.6 Å². The van der Waals surface area contributed by atoms with Gasteiger partial charge in [0.05, 0.1) is 5.41 Å². The molecule has 1 aromatic rings. The van der Waals surface area contributed by atoms with E-state index in [1.54, 1.807) is 13.0 Å². The summed E-state index contributed by atoms with van der Waals surface area (Å²) in [6.45, 7) is 3.52. The fourth-order valence-electron chi connectivity index (χ4n) is 3.70. The van der Waals surface area contributed by atoms with E-state index in [1.807, 2.05) is 6.92 Å². The lowest BCUT2D eigenvalue weighted by molar-refractivity contribution is -0.145. The summed E-state index contributed by atoms with van der Waals surface area (Å²) in [7, 11) is -1.39. The van der Waals surface area contributed by atoms with E-state index in [9.17, 15) is 14.3 Å². The summed E-state index contributed by atoms with van der Waals surface area (Å²) in [5.74, 6) is -1.54. The van der Waals surface area contributed by atoms with Crippen molar-refractivity contribution in [1.29, 1.82) is 0 Å². The Morgan fingerprint density at radius 3 is 2.71 bits per heavy atom. The van der Waals surface area contributed by atoms with Crippen molar-refractivity contribution in [3.05, 3.63) is 34.6 Å². The number of hydrogen-bond acceptors (Lipinski definition) is 4. The minimum absolute atomic E-state index is 0.197. The topological polar surface area (TPSA) is 104 Å². The molecule has 1 aromatic carbocycles. The van der Waals surface area contributed by atoms with Crippen molar-refractivity contribution >= 4 is 13.1 Å². The van der Waals surface area contributed by atoms with Gasteiger partial charge in [-0.15, -0.1) is 0 Å². The predicted molar refractivity (Wildman–Crippen MR) is 90.0 cm³/mol. The lowest BCUT2D eigenvalue weighted by atomic mass is 9.72. The highest BCUT2D eigenvalue weighted by atomic mass is 19.1. The van der Waals surface area contributed by atoms with Gasteiger partial charge in [-0.05, 0) is 61.7 Å². The molecule has 0 radical (unpaired) electrons. The first-order valence-corrected chi connectivity index (χ1v) is 8.39. The van der Waals surface area contributed by atoms with Crippen molar-refractivity contribution in [1.82, 2.24) is 0 Å². The molecule has 24 heavy (non-hydrogen) atoms.